The number of likely N-dealkylation sites (N-methyl/N-ethyl adjacent to an activating group) is 1. The Morgan fingerprint density at radius 3 is 2.53 bits per heavy atom. The molecular weight excluding hydrogens is 188 g/mol. The molecule has 0 aromatic rings. The van der Waals surface area contributed by atoms with E-state index in [9.17, 15) is 0 Å². The minimum absolute atomic E-state index is 0.533. The molecule has 0 amide bonds. The van der Waals surface area contributed by atoms with E-state index in [1.165, 1.54) is 12.8 Å². The van der Waals surface area contributed by atoms with Crippen LogP contribution in [0.3, 0.4) is 0 Å². The highest BCUT2D eigenvalue weighted by Crippen LogP contribution is 2.00. The van der Waals surface area contributed by atoms with Crippen molar-refractivity contribution in [3.05, 3.63) is 0 Å². The quantitative estimate of drug-likeness (QED) is 0.563. The standard InChI is InChI=1S/C12H28N2O/c1-5-8-13-9-7-10-14(6-2)12(3)11-15-4/h12-13H,5-11H2,1-4H3. The highest BCUT2D eigenvalue weighted by atomic mass is 16.5. The van der Waals surface area contributed by atoms with E-state index in [0.29, 0.717) is 6.04 Å². The molecule has 0 aromatic carbocycles. The second kappa shape index (κ2) is 10.4. The van der Waals surface area contributed by atoms with Crippen LogP contribution < -0.4 is 5.32 Å². The number of nitrogens with one attached hydrogen (secondary N) is 1. The van der Waals surface area contributed by atoms with Crippen LogP contribution in [0.25, 0.3) is 0 Å². The molecule has 3 nitrogen and oxygen atoms in total. The number of hydrogen-bond donors (Lipinski definition) is 1. The summed E-state index contributed by atoms with van der Waals surface area (Å²) in [5.41, 5.74) is 0. The van der Waals surface area contributed by atoms with Gasteiger partial charge >= 0.3 is 0 Å². The Morgan fingerprint density at radius 1 is 1.27 bits per heavy atom. The first-order valence-electron chi connectivity index (χ1n) is 6.19. The second-order valence-electron chi connectivity index (χ2n) is 4.04. The average molecular weight is 216 g/mol. The number of rotatable bonds is 10. The number of ether oxygens (including phenoxy) is 1. The first-order chi connectivity index (χ1) is 7.26. The van der Waals surface area contributed by atoms with Gasteiger partial charge in [0.2, 0.25) is 0 Å². The molecule has 0 saturated carbocycles. The SMILES string of the molecule is CCCNCCCN(CC)C(C)COC. The maximum Gasteiger partial charge on any atom is 0.0615 e. The van der Waals surface area contributed by atoms with Crippen LogP contribution in [0.2, 0.25) is 0 Å². The van der Waals surface area contributed by atoms with E-state index < -0.39 is 0 Å². The summed E-state index contributed by atoms with van der Waals surface area (Å²) in [7, 11) is 1.77. The Labute approximate surface area is 95.2 Å². The Hall–Kier alpha value is -0.120. The molecule has 1 N–H and O–H groups in total. The zero-order chi connectivity index (χ0) is 11.5. The lowest BCUT2D eigenvalue weighted by molar-refractivity contribution is 0.102. The highest BCUT2D eigenvalue weighted by Gasteiger charge is 2.10. The van der Waals surface area contributed by atoms with Gasteiger partial charge in [-0.25, -0.2) is 0 Å². The maximum atomic E-state index is 5.17. The van der Waals surface area contributed by atoms with Gasteiger partial charge in [-0.1, -0.05) is 13.8 Å². The van der Waals surface area contributed by atoms with Gasteiger partial charge in [0.05, 0.1) is 6.61 Å². The molecule has 0 heterocycles. The van der Waals surface area contributed by atoms with Crippen LogP contribution in [0.1, 0.15) is 33.6 Å². The molecule has 92 valence electrons. The van der Waals surface area contributed by atoms with E-state index >= 15 is 0 Å². The molecule has 1 atom stereocenters. The van der Waals surface area contributed by atoms with Crippen molar-refractivity contribution >= 4 is 0 Å². The molecule has 0 aliphatic rings. The normalized spacial score (nSPS) is 13.4. The van der Waals surface area contributed by atoms with Crippen LogP contribution >= 0.6 is 0 Å². The molecule has 0 bridgehead atoms. The zero-order valence-corrected chi connectivity index (χ0v) is 10.9. The third-order valence-electron chi connectivity index (χ3n) is 2.66. The molecule has 3 heteroatoms. The second-order valence-corrected chi connectivity index (χ2v) is 4.04. The molecule has 0 saturated heterocycles. The monoisotopic (exact) mass is 216 g/mol. The van der Waals surface area contributed by atoms with E-state index in [2.05, 4.69) is 31.0 Å². The molecule has 0 aliphatic heterocycles. The summed E-state index contributed by atoms with van der Waals surface area (Å²) in [5.74, 6) is 0. The molecular formula is C12H28N2O. The van der Waals surface area contributed by atoms with Crippen LogP contribution in [-0.2, 0) is 4.74 Å². The summed E-state index contributed by atoms with van der Waals surface area (Å²) in [6, 6.07) is 0.533. The molecule has 1 unspecified atom stereocenters. The fraction of sp³-hybridized carbons (Fsp3) is 1.00. The summed E-state index contributed by atoms with van der Waals surface area (Å²) in [6.45, 7) is 12.0. The topological polar surface area (TPSA) is 24.5 Å². The Kier molecular flexibility index (Phi) is 10.3. The number of methoxy groups -OCH3 is 1. The van der Waals surface area contributed by atoms with Gasteiger partial charge in [-0.05, 0) is 45.9 Å². The number of nitrogens with zero attached hydrogens (tertiary/aromatic N) is 1. The molecule has 0 rings (SSSR count). The fourth-order valence-corrected chi connectivity index (χ4v) is 1.75. The van der Waals surface area contributed by atoms with Crippen LogP contribution in [-0.4, -0.2) is 50.8 Å². The summed E-state index contributed by atoms with van der Waals surface area (Å²) in [4.78, 5) is 2.47. The van der Waals surface area contributed by atoms with E-state index in [1.54, 1.807) is 7.11 Å². The number of hydrogen-bond acceptors (Lipinski definition) is 3. The third-order valence-corrected chi connectivity index (χ3v) is 2.66. The van der Waals surface area contributed by atoms with E-state index in [0.717, 1.165) is 32.8 Å². The minimum atomic E-state index is 0.533. The molecule has 0 aliphatic carbocycles. The smallest absolute Gasteiger partial charge is 0.0615 e. The van der Waals surface area contributed by atoms with Crippen molar-refractivity contribution in [2.45, 2.75) is 39.7 Å². The van der Waals surface area contributed by atoms with E-state index in [-0.39, 0.29) is 0 Å². The summed E-state index contributed by atoms with van der Waals surface area (Å²) >= 11 is 0. The third kappa shape index (κ3) is 7.77. The first-order valence-corrected chi connectivity index (χ1v) is 6.19. The predicted octanol–water partition coefficient (Wildman–Crippen LogP) is 1.73. The first kappa shape index (κ1) is 14.9. The Morgan fingerprint density at radius 2 is 2.00 bits per heavy atom. The van der Waals surface area contributed by atoms with Crippen molar-refractivity contribution < 1.29 is 4.74 Å². The van der Waals surface area contributed by atoms with Crippen molar-refractivity contribution in [2.24, 2.45) is 0 Å². The predicted molar refractivity (Wildman–Crippen MR) is 66.4 cm³/mol. The molecule has 0 radical (unpaired) electrons. The van der Waals surface area contributed by atoms with Gasteiger partial charge in [-0.15, -0.1) is 0 Å². The van der Waals surface area contributed by atoms with Gasteiger partial charge in [0.15, 0.2) is 0 Å². The molecule has 0 fully saturated rings. The largest absolute Gasteiger partial charge is 0.383 e. The van der Waals surface area contributed by atoms with Crippen LogP contribution in [0.5, 0.6) is 0 Å². The van der Waals surface area contributed by atoms with Gasteiger partial charge in [0, 0.05) is 13.2 Å². The summed E-state index contributed by atoms with van der Waals surface area (Å²) in [5, 5.41) is 3.43. The van der Waals surface area contributed by atoms with E-state index in [4.69, 9.17) is 4.74 Å². The Balaban J connectivity index is 3.51. The van der Waals surface area contributed by atoms with Crippen molar-refractivity contribution in [1.82, 2.24) is 10.2 Å². The molecule has 0 spiro atoms. The lowest BCUT2D eigenvalue weighted by Crippen LogP contribution is -2.37. The zero-order valence-electron chi connectivity index (χ0n) is 10.9. The average Bonchev–Trinajstić information content (AvgIpc) is 2.23. The van der Waals surface area contributed by atoms with Crippen LogP contribution in [0, 0.1) is 0 Å². The van der Waals surface area contributed by atoms with Gasteiger partial charge < -0.3 is 10.1 Å². The van der Waals surface area contributed by atoms with Crippen molar-refractivity contribution in [2.75, 3.05) is 39.9 Å². The van der Waals surface area contributed by atoms with Gasteiger partial charge in [0.25, 0.3) is 0 Å². The lowest BCUT2D eigenvalue weighted by atomic mass is 10.2. The molecule has 15 heavy (non-hydrogen) atoms. The van der Waals surface area contributed by atoms with Gasteiger partial charge in [-0.2, -0.15) is 0 Å². The Bertz CT molecular complexity index is 131. The van der Waals surface area contributed by atoms with Gasteiger partial charge in [0.1, 0.15) is 0 Å². The molecule has 0 aromatic heterocycles. The minimum Gasteiger partial charge on any atom is -0.383 e. The lowest BCUT2D eigenvalue weighted by Gasteiger charge is -2.27. The highest BCUT2D eigenvalue weighted by molar-refractivity contribution is 4.65. The van der Waals surface area contributed by atoms with Crippen LogP contribution in [0.15, 0.2) is 0 Å². The van der Waals surface area contributed by atoms with Crippen molar-refractivity contribution in [3.63, 3.8) is 0 Å². The summed E-state index contributed by atoms with van der Waals surface area (Å²) < 4.78 is 5.17. The summed E-state index contributed by atoms with van der Waals surface area (Å²) in [6.07, 6.45) is 2.44. The van der Waals surface area contributed by atoms with Crippen molar-refractivity contribution in [1.29, 1.82) is 0 Å². The maximum absolute atomic E-state index is 5.17. The fourth-order valence-electron chi connectivity index (χ4n) is 1.75. The van der Waals surface area contributed by atoms with Crippen molar-refractivity contribution in [3.8, 4) is 0 Å². The van der Waals surface area contributed by atoms with E-state index in [1.807, 2.05) is 0 Å². The van der Waals surface area contributed by atoms with Gasteiger partial charge in [-0.3, -0.25) is 4.90 Å². The van der Waals surface area contributed by atoms with Crippen LogP contribution in [0.4, 0.5) is 0 Å².